The summed E-state index contributed by atoms with van der Waals surface area (Å²) in [5.74, 6) is -3.46. The quantitative estimate of drug-likeness (QED) is 0.572. The Morgan fingerprint density at radius 1 is 1.00 bits per heavy atom. The number of hydrogen-bond donors (Lipinski definition) is 1. The van der Waals surface area contributed by atoms with Crippen molar-refractivity contribution in [1.29, 1.82) is 0 Å². The second-order valence-corrected chi connectivity index (χ2v) is 6.14. The van der Waals surface area contributed by atoms with Crippen molar-refractivity contribution in [2.45, 2.75) is 32.5 Å². The molecule has 8 heteroatoms. The lowest BCUT2D eigenvalue weighted by molar-refractivity contribution is -0.164. The van der Waals surface area contributed by atoms with Crippen molar-refractivity contribution in [1.82, 2.24) is 4.90 Å². The van der Waals surface area contributed by atoms with Gasteiger partial charge in [0, 0.05) is 13.1 Å². The minimum Gasteiger partial charge on any atom is -0.469 e. The number of hydrogen-bond acceptors (Lipinski definition) is 7. The molecule has 1 saturated heterocycles. The molecule has 8 nitrogen and oxygen atoms in total. The van der Waals surface area contributed by atoms with Crippen LogP contribution in [0.2, 0.25) is 0 Å². The first kappa shape index (κ1) is 18.2. The summed E-state index contributed by atoms with van der Waals surface area (Å²) in [7, 11) is 2.35. The standard InChI is InChI=1S/C14H23NO7/c1-14(2,3)22-13(19)15-6-8(11(17)20-4)10(16)9(7-15)12(18)21-5/h8-10,16H,6-7H2,1-5H3/t8-,9+,10-. The summed E-state index contributed by atoms with van der Waals surface area (Å²) < 4.78 is 14.5. The summed E-state index contributed by atoms with van der Waals surface area (Å²) in [4.78, 5) is 36.9. The van der Waals surface area contributed by atoms with E-state index in [2.05, 4.69) is 9.47 Å². The molecule has 1 heterocycles. The topological polar surface area (TPSA) is 102 Å². The third kappa shape index (κ3) is 4.33. The molecular weight excluding hydrogens is 294 g/mol. The van der Waals surface area contributed by atoms with Gasteiger partial charge in [-0.05, 0) is 20.8 Å². The Kier molecular flexibility index (Phi) is 5.76. The summed E-state index contributed by atoms with van der Waals surface area (Å²) in [5.41, 5.74) is -0.714. The number of amides is 1. The molecule has 0 radical (unpaired) electrons. The lowest BCUT2D eigenvalue weighted by atomic mass is 9.86. The van der Waals surface area contributed by atoms with Gasteiger partial charge in [0.1, 0.15) is 17.4 Å². The average Bonchev–Trinajstić information content (AvgIpc) is 2.43. The highest BCUT2D eigenvalue weighted by atomic mass is 16.6. The van der Waals surface area contributed by atoms with Gasteiger partial charge in [-0.1, -0.05) is 0 Å². The number of ether oxygens (including phenoxy) is 3. The van der Waals surface area contributed by atoms with Crippen LogP contribution in [0.15, 0.2) is 0 Å². The minimum atomic E-state index is -1.28. The van der Waals surface area contributed by atoms with Crippen LogP contribution < -0.4 is 0 Å². The van der Waals surface area contributed by atoms with Crippen LogP contribution in [0.5, 0.6) is 0 Å². The smallest absolute Gasteiger partial charge is 0.410 e. The minimum absolute atomic E-state index is 0.0871. The SMILES string of the molecule is COC(=O)[C@H]1CN(C(=O)OC(C)(C)C)C[C@@H](C(=O)OC)[C@H]1O. The second-order valence-electron chi connectivity index (χ2n) is 6.14. The van der Waals surface area contributed by atoms with E-state index in [4.69, 9.17) is 4.74 Å². The number of piperidine rings is 1. The van der Waals surface area contributed by atoms with Gasteiger partial charge >= 0.3 is 18.0 Å². The van der Waals surface area contributed by atoms with E-state index in [0.717, 1.165) is 0 Å². The largest absolute Gasteiger partial charge is 0.469 e. The summed E-state index contributed by atoms with van der Waals surface area (Å²) in [6.07, 6.45) is -1.94. The van der Waals surface area contributed by atoms with Crippen molar-refractivity contribution in [3.63, 3.8) is 0 Å². The van der Waals surface area contributed by atoms with Gasteiger partial charge in [0.05, 0.1) is 20.3 Å². The van der Waals surface area contributed by atoms with E-state index < -0.39 is 41.6 Å². The van der Waals surface area contributed by atoms with Crippen LogP contribution in [0, 0.1) is 11.8 Å². The average molecular weight is 317 g/mol. The molecular formula is C14H23NO7. The zero-order valence-corrected chi connectivity index (χ0v) is 13.5. The van der Waals surface area contributed by atoms with Crippen LogP contribution in [-0.2, 0) is 23.8 Å². The lowest BCUT2D eigenvalue weighted by Gasteiger charge is -2.39. The highest BCUT2D eigenvalue weighted by Gasteiger charge is 2.46. The van der Waals surface area contributed by atoms with Gasteiger partial charge in [0.2, 0.25) is 0 Å². The summed E-state index contributed by atoms with van der Waals surface area (Å²) in [5, 5.41) is 10.2. The van der Waals surface area contributed by atoms with Crippen molar-refractivity contribution in [2.24, 2.45) is 11.8 Å². The highest BCUT2D eigenvalue weighted by Crippen LogP contribution is 2.26. The molecule has 1 aliphatic heterocycles. The van der Waals surface area contributed by atoms with Crippen LogP contribution >= 0.6 is 0 Å². The van der Waals surface area contributed by atoms with Crippen molar-refractivity contribution >= 4 is 18.0 Å². The first-order valence-corrected chi connectivity index (χ1v) is 6.92. The number of rotatable bonds is 2. The van der Waals surface area contributed by atoms with E-state index in [1.807, 2.05) is 0 Å². The molecule has 0 bridgehead atoms. The molecule has 0 aromatic rings. The Morgan fingerprint density at radius 3 is 1.73 bits per heavy atom. The van der Waals surface area contributed by atoms with Gasteiger partial charge in [-0.2, -0.15) is 0 Å². The fraction of sp³-hybridized carbons (Fsp3) is 0.786. The van der Waals surface area contributed by atoms with Gasteiger partial charge in [0.25, 0.3) is 0 Å². The fourth-order valence-corrected chi connectivity index (χ4v) is 2.25. The fourth-order valence-electron chi connectivity index (χ4n) is 2.25. The predicted octanol–water partition coefficient (Wildman–Crippen LogP) is 0.176. The third-order valence-corrected chi connectivity index (χ3v) is 3.32. The van der Waals surface area contributed by atoms with Crippen LogP contribution in [0.1, 0.15) is 20.8 Å². The monoisotopic (exact) mass is 317 g/mol. The molecule has 0 spiro atoms. The molecule has 1 N–H and O–H groups in total. The van der Waals surface area contributed by atoms with Crippen molar-refractivity contribution < 1.29 is 33.7 Å². The number of esters is 2. The van der Waals surface area contributed by atoms with Gasteiger partial charge < -0.3 is 24.2 Å². The van der Waals surface area contributed by atoms with E-state index in [1.54, 1.807) is 20.8 Å². The Morgan fingerprint density at radius 2 is 1.41 bits per heavy atom. The molecule has 0 aromatic heterocycles. The molecule has 1 rings (SSSR count). The van der Waals surface area contributed by atoms with E-state index >= 15 is 0 Å². The first-order chi connectivity index (χ1) is 10.1. The molecule has 22 heavy (non-hydrogen) atoms. The maximum absolute atomic E-state index is 12.2. The number of methoxy groups -OCH3 is 2. The zero-order valence-electron chi connectivity index (χ0n) is 13.5. The lowest BCUT2D eigenvalue weighted by Crippen LogP contribution is -2.57. The molecule has 0 aliphatic carbocycles. The molecule has 1 amide bonds. The van der Waals surface area contributed by atoms with Crippen molar-refractivity contribution in [3.05, 3.63) is 0 Å². The Balaban J connectivity index is 2.97. The van der Waals surface area contributed by atoms with Crippen molar-refractivity contribution in [3.8, 4) is 0 Å². The third-order valence-electron chi connectivity index (χ3n) is 3.32. The Labute approximate surface area is 129 Å². The van der Waals surface area contributed by atoms with Gasteiger partial charge in [-0.25, -0.2) is 4.79 Å². The van der Waals surface area contributed by atoms with E-state index in [-0.39, 0.29) is 13.1 Å². The molecule has 3 atom stereocenters. The highest BCUT2D eigenvalue weighted by molar-refractivity contribution is 5.80. The maximum atomic E-state index is 12.2. The number of aliphatic hydroxyl groups excluding tert-OH is 1. The number of aliphatic hydroxyl groups is 1. The second kappa shape index (κ2) is 6.95. The maximum Gasteiger partial charge on any atom is 0.410 e. The molecule has 1 aliphatic rings. The van der Waals surface area contributed by atoms with Crippen LogP contribution in [0.3, 0.4) is 0 Å². The van der Waals surface area contributed by atoms with Crippen LogP contribution in [0.4, 0.5) is 4.79 Å². The molecule has 0 unspecified atom stereocenters. The van der Waals surface area contributed by atoms with E-state index in [1.165, 1.54) is 19.1 Å². The van der Waals surface area contributed by atoms with E-state index in [9.17, 15) is 19.5 Å². The number of carbonyl (C=O) groups is 3. The molecule has 0 saturated carbocycles. The number of nitrogens with zero attached hydrogens (tertiary/aromatic N) is 1. The van der Waals surface area contributed by atoms with Crippen LogP contribution in [-0.4, -0.2) is 67.1 Å². The van der Waals surface area contributed by atoms with Crippen LogP contribution in [0.25, 0.3) is 0 Å². The predicted molar refractivity (Wildman–Crippen MR) is 74.8 cm³/mol. The molecule has 126 valence electrons. The molecule has 0 aromatic carbocycles. The van der Waals surface area contributed by atoms with Gasteiger partial charge in [0.15, 0.2) is 0 Å². The summed E-state index contributed by atoms with van der Waals surface area (Å²) in [6, 6.07) is 0. The molecule has 1 fully saturated rings. The summed E-state index contributed by atoms with van der Waals surface area (Å²) in [6.45, 7) is 4.95. The number of carbonyl (C=O) groups excluding carboxylic acids is 3. The van der Waals surface area contributed by atoms with Crippen molar-refractivity contribution in [2.75, 3.05) is 27.3 Å². The van der Waals surface area contributed by atoms with Gasteiger partial charge in [-0.3, -0.25) is 9.59 Å². The first-order valence-electron chi connectivity index (χ1n) is 6.92. The summed E-state index contributed by atoms with van der Waals surface area (Å²) >= 11 is 0. The Hall–Kier alpha value is -1.83. The number of likely N-dealkylation sites (tertiary alicyclic amines) is 1. The zero-order chi connectivity index (χ0) is 17.1. The van der Waals surface area contributed by atoms with Gasteiger partial charge in [-0.15, -0.1) is 0 Å². The van der Waals surface area contributed by atoms with E-state index in [0.29, 0.717) is 0 Å². The normalized spacial score (nSPS) is 25.4. The Bertz CT molecular complexity index is 417.